The van der Waals surface area contributed by atoms with Crippen molar-refractivity contribution in [3.8, 4) is 0 Å². The average Bonchev–Trinajstić information content (AvgIpc) is 2.68. The highest BCUT2D eigenvalue weighted by atomic mass is 16.6. The lowest BCUT2D eigenvalue weighted by atomic mass is 9.39. The summed E-state index contributed by atoms with van der Waals surface area (Å²) in [7, 11) is 0. The van der Waals surface area contributed by atoms with Gasteiger partial charge in [-0.25, -0.2) is 4.79 Å². The van der Waals surface area contributed by atoms with E-state index in [2.05, 4.69) is 24.4 Å². The van der Waals surface area contributed by atoms with E-state index in [1.807, 2.05) is 41.5 Å². The van der Waals surface area contributed by atoms with Crippen molar-refractivity contribution < 1.29 is 19.4 Å². The van der Waals surface area contributed by atoms with Gasteiger partial charge < -0.3 is 15.2 Å². The Labute approximate surface area is 151 Å². The summed E-state index contributed by atoms with van der Waals surface area (Å²) in [5.41, 5.74) is -1.71. The van der Waals surface area contributed by atoms with Crippen LogP contribution in [0.5, 0.6) is 0 Å². The van der Waals surface area contributed by atoms with E-state index in [9.17, 15) is 14.7 Å². The second-order valence-electron chi connectivity index (χ2n) is 9.97. The summed E-state index contributed by atoms with van der Waals surface area (Å²) < 4.78 is 5.36. The van der Waals surface area contributed by atoms with Gasteiger partial charge in [0, 0.05) is 12.0 Å². The molecule has 0 heterocycles. The number of hydrogen-bond acceptors (Lipinski definition) is 3. The number of allylic oxidation sites excluding steroid dienone is 2. The summed E-state index contributed by atoms with van der Waals surface area (Å²) in [6, 6.07) is 0. The molecule has 0 saturated heterocycles. The molecule has 5 nitrogen and oxygen atoms in total. The maximum absolute atomic E-state index is 12.2. The molecule has 1 saturated carbocycles. The van der Waals surface area contributed by atoms with E-state index in [-0.39, 0.29) is 5.41 Å². The molecule has 0 aromatic carbocycles. The van der Waals surface area contributed by atoms with Crippen LogP contribution in [0.2, 0.25) is 0 Å². The minimum atomic E-state index is -0.793. The van der Waals surface area contributed by atoms with Crippen LogP contribution in [0, 0.1) is 28.1 Å². The van der Waals surface area contributed by atoms with Gasteiger partial charge in [-0.05, 0) is 50.4 Å². The number of alkyl carbamates (subject to hydrolysis) is 1. The summed E-state index contributed by atoms with van der Waals surface area (Å²) in [5, 5.41) is 12.9. The molecule has 1 fully saturated rings. The van der Waals surface area contributed by atoms with Crippen molar-refractivity contribution in [3.63, 3.8) is 0 Å². The van der Waals surface area contributed by atoms with Crippen molar-refractivity contribution in [1.82, 2.24) is 5.32 Å². The number of aliphatic carboxylic acids is 1. The minimum absolute atomic E-state index is 0.210. The topological polar surface area (TPSA) is 75.6 Å². The number of carboxylic acid groups (broad SMARTS) is 1. The smallest absolute Gasteiger partial charge is 0.407 e. The first kappa shape index (κ1) is 19.8. The standard InChI is InChI=1S/C20H33NO4/c1-17(2,3)14(15(22)23)20(11-13-9-8-10-19(13,20)7)12-21-16(24)25-18(4,5)6/h8,10,13-14H,9,11-12H2,1-7H3,(H,21,24)(H,22,23)/t13-,14?,19-,20-/m0/s1. The molecule has 142 valence electrons. The van der Waals surface area contributed by atoms with Crippen LogP contribution in [0.4, 0.5) is 4.79 Å². The van der Waals surface area contributed by atoms with Gasteiger partial charge in [0.2, 0.25) is 0 Å². The highest BCUT2D eigenvalue weighted by Gasteiger charge is 2.68. The minimum Gasteiger partial charge on any atom is -0.481 e. The molecule has 1 unspecified atom stereocenters. The summed E-state index contributed by atoms with van der Waals surface area (Å²) in [5.74, 6) is -0.894. The third-order valence-corrected chi connectivity index (χ3v) is 6.03. The highest BCUT2D eigenvalue weighted by Crippen LogP contribution is 2.70. The van der Waals surface area contributed by atoms with Crippen LogP contribution < -0.4 is 5.32 Å². The molecule has 0 bridgehead atoms. The van der Waals surface area contributed by atoms with Gasteiger partial charge in [0.05, 0.1) is 5.92 Å². The average molecular weight is 351 g/mol. The second-order valence-corrected chi connectivity index (χ2v) is 9.97. The monoisotopic (exact) mass is 351 g/mol. The zero-order chi connectivity index (χ0) is 19.3. The van der Waals surface area contributed by atoms with E-state index in [1.165, 1.54) is 0 Å². The predicted molar refractivity (Wildman–Crippen MR) is 97.2 cm³/mol. The summed E-state index contributed by atoms with van der Waals surface area (Å²) >= 11 is 0. The Bertz CT molecular complexity index is 583. The Kier molecular flexibility index (Phi) is 4.77. The van der Waals surface area contributed by atoms with Crippen LogP contribution in [-0.4, -0.2) is 29.3 Å². The Morgan fingerprint density at radius 1 is 1.28 bits per heavy atom. The number of nitrogens with one attached hydrogen (secondary N) is 1. The van der Waals surface area contributed by atoms with Gasteiger partial charge in [-0.2, -0.15) is 0 Å². The fourth-order valence-electron chi connectivity index (χ4n) is 5.03. The van der Waals surface area contributed by atoms with E-state index in [0.29, 0.717) is 12.5 Å². The van der Waals surface area contributed by atoms with E-state index in [0.717, 1.165) is 12.8 Å². The van der Waals surface area contributed by atoms with Gasteiger partial charge in [0.1, 0.15) is 5.60 Å². The van der Waals surface area contributed by atoms with Gasteiger partial charge >= 0.3 is 12.1 Å². The third kappa shape index (κ3) is 3.42. The van der Waals surface area contributed by atoms with Crippen molar-refractivity contribution >= 4 is 12.1 Å². The van der Waals surface area contributed by atoms with Crippen LogP contribution in [0.1, 0.15) is 61.3 Å². The summed E-state index contributed by atoms with van der Waals surface area (Å²) in [6.07, 6.45) is 5.63. The zero-order valence-corrected chi connectivity index (χ0v) is 16.6. The second kappa shape index (κ2) is 6.03. The van der Waals surface area contributed by atoms with Crippen molar-refractivity contribution in [1.29, 1.82) is 0 Å². The lowest BCUT2D eigenvalue weighted by molar-refractivity contribution is -0.185. The number of carboxylic acids is 1. The van der Waals surface area contributed by atoms with Gasteiger partial charge in [0.15, 0.2) is 0 Å². The molecule has 0 aromatic rings. The fraction of sp³-hybridized carbons (Fsp3) is 0.800. The molecule has 0 radical (unpaired) electrons. The van der Waals surface area contributed by atoms with Gasteiger partial charge in [-0.3, -0.25) is 4.79 Å². The lowest BCUT2D eigenvalue weighted by Crippen LogP contribution is -2.66. The normalized spacial score (nSPS) is 32.5. The van der Waals surface area contributed by atoms with Crippen molar-refractivity contribution in [2.75, 3.05) is 6.54 Å². The first-order valence-electron chi connectivity index (χ1n) is 9.10. The zero-order valence-electron chi connectivity index (χ0n) is 16.6. The first-order valence-corrected chi connectivity index (χ1v) is 9.10. The summed E-state index contributed by atoms with van der Waals surface area (Å²) in [6.45, 7) is 13.8. The van der Waals surface area contributed by atoms with E-state index >= 15 is 0 Å². The number of hydrogen-bond donors (Lipinski definition) is 2. The molecule has 25 heavy (non-hydrogen) atoms. The predicted octanol–water partition coefficient (Wildman–Crippen LogP) is 4.23. The molecule has 2 rings (SSSR count). The number of carbonyl (C=O) groups excluding carboxylic acids is 1. The third-order valence-electron chi connectivity index (χ3n) is 6.03. The number of ether oxygens (including phenoxy) is 1. The quantitative estimate of drug-likeness (QED) is 0.743. The molecule has 2 aliphatic rings. The van der Waals surface area contributed by atoms with Crippen LogP contribution in [0.25, 0.3) is 0 Å². The van der Waals surface area contributed by atoms with Crippen LogP contribution in [0.3, 0.4) is 0 Å². The Morgan fingerprint density at radius 2 is 1.88 bits per heavy atom. The molecule has 0 aliphatic heterocycles. The maximum atomic E-state index is 12.2. The number of fused-ring (bicyclic) bond motifs is 1. The number of carbonyl (C=O) groups is 2. The largest absolute Gasteiger partial charge is 0.481 e. The SMILES string of the molecule is CC(C)(C)OC(=O)NC[C@]1(C(C(=O)O)C(C)(C)C)C[C@@H]2CC=C[C@@]21C. The van der Waals surface area contributed by atoms with Crippen LogP contribution >= 0.6 is 0 Å². The maximum Gasteiger partial charge on any atom is 0.407 e. The molecular weight excluding hydrogens is 318 g/mol. The molecule has 0 spiro atoms. The molecule has 5 heteroatoms. The molecular formula is C20H33NO4. The summed E-state index contributed by atoms with van der Waals surface area (Å²) in [4.78, 5) is 24.4. The van der Waals surface area contributed by atoms with Crippen LogP contribution in [-0.2, 0) is 9.53 Å². The molecule has 1 amide bonds. The number of rotatable bonds is 4. The van der Waals surface area contributed by atoms with Gasteiger partial charge in [0.25, 0.3) is 0 Å². The van der Waals surface area contributed by atoms with Gasteiger partial charge in [-0.1, -0.05) is 39.8 Å². The molecule has 4 atom stereocenters. The van der Waals surface area contributed by atoms with Crippen molar-refractivity contribution in [2.24, 2.45) is 28.1 Å². The Balaban J connectivity index is 2.31. The first-order chi connectivity index (χ1) is 11.2. The lowest BCUT2D eigenvalue weighted by Gasteiger charge is -2.64. The molecule has 0 aromatic heterocycles. The van der Waals surface area contributed by atoms with E-state index in [4.69, 9.17) is 4.74 Å². The fourth-order valence-corrected chi connectivity index (χ4v) is 5.03. The van der Waals surface area contributed by atoms with Crippen molar-refractivity contribution in [2.45, 2.75) is 66.9 Å². The Hall–Kier alpha value is -1.52. The number of amides is 1. The van der Waals surface area contributed by atoms with E-state index in [1.54, 1.807) is 0 Å². The Morgan fingerprint density at radius 3 is 2.32 bits per heavy atom. The molecule has 2 N–H and O–H groups in total. The van der Waals surface area contributed by atoms with Crippen LogP contribution in [0.15, 0.2) is 12.2 Å². The van der Waals surface area contributed by atoms with Crippen molar-refractivity contribution in [3.05, 3.63) is 12.2 Å². The molecule has 2 aliphatic carbocycles. The highest BCUT2D eigenvalue weighted by molar-refractivity contribution is 5.73. The van der Waals surface area contributed by atoms with E-state index < -0.39 is 34.4 Å². The van der Waals surface area contributed by atoms with Gasteiger partial charge in [-0.15, -0.1) is 0 Å².